The van der Waals surface area contributed by atoms with Crippen molar-refractivity contribution in [3.05, 3.63) is 24.3 Å². The Bertz CT molecular complexity index is 512. The zero-order valence-corrected chi connectivity index (χ0v) is 13.2. The van der Waals surface area contributed by atoms with Gasteiger partial charge in [-0.1, -0.05) is 0 Å². The van der Waals surface area contributed by atoms with E-state index in [1.54, 1.807) is 4.90 Å². The first-order valence-electron chi connectivity index (χ1n) is 7.70. The molecule has 1 aliphatic heterocycles. The first-order valence-corrected chi connectivity index (χ1v) is 7.70. The molecule has 0 unspecified atom stereocenters. The lowest BCUT2D eigenvalue weighted by atomic mass is 10.2. The number of carbonyl (C=O) groups is 2. The third-order valence-electron chi connectivity index (χ3n) is 3.73. The van der Waals surface area contributed by atoms with E-state index in [9.17, 15) is 9.59 Å². The van der Waals surface area contributed by atoms with Gasteiger partial charge in [0.15, 0.2) is 0 Å². The van der Waals surface area contributed by atoms with E-state index >= 15 is 0 Å². The van der Waals surface area contributed by atoms with Crippen molar-refractivity contribution in [3.63, 3.8) is 0 Å². The molecule has 1 fully saturated rings. The number of hydrogen-bond donors (Lipinski definition) is 1. The first-order chi connectivity index (χ1) is 10.6. The SMILES string of the molecule is CCN(CC)c1ccc(NC(=O)CCN2CCOC2=O)cc1. The lowest BCUT2D eigenvalue weighted by molar-refractivity contribution is -0.116. The molecule has 0 spiro atoms. The average molecular weight is 305 g/mol. The van der Waals surface area contributed by atoms with Crippen LogP contribution in [0.25, 0.3) is 0 Å². The summed E-state index contributed by atoms with van der Waals surface area (Å²) in [6.45, 7) is 7.49. The Kier molecular flexibility index (Phi) is 5.63. The monoisotopic (exact) mass is 305 g/mol. The van der Waals surface area contributed by atoms with Gasteiger partial charge >= 0.3 is 6.09 Å². The number of benzene rings is 1. The van der Waals surface area contributed by atoms with E-state index in [0.717, 1.165) is 24.5 Å². The number of cyclic esters (lactones) is 1. The Hall–Kier alpha value is -2.24. The van der Waals surface area contributed by atoms with Gasteiger partial charge in [0, 0.05) is 37.4 Å². The summed E-state index contributed by atoms with van der Waals surface area (Å²) in [6.07, 6.45) is -0.0660. The molecule has 22 heavy (non-hydrogen) atoms. The van der Waals surface area contributed by atoms with Gasteiger partial charge in [0.05, 0.1) is 6.54 Å². The standard InChI is InChI=1S/C16H23N3O3/c1-3-18(4-2)14-7-5-13(6-8-14)17-15(20)9-10-19-11-12-22-16(19)21/h5-8H,3-4,9-12H2,1-2H3,(H,17,20). The molecule has 0 saturated carbocycles. The van der Waals surface area contributed by atoms with Gasteiger partial charge in [-0.15, -0.1) is 0 Å². The van der Waals surface area contributed by atoms with Gasteiger partial charge in [-0.25, -0.2) is 4.79 Å². The van der Waals surface area contributed by atoms with Gasteiger partial charge < -0.3 is 19.9 Å². The molecule has 6 heteroatoms. The summed E-state index contributed by atoms with van der Waals surface area (Å²) in [6, 6.07) is 7.80. The fourth-order valence-electron chi connectivity index (χ4n) is 2.43. The third-order valence-corrected chi connectivity index (χ3v) is 3.73. The number of carbonyl (C=O) groups excluding carboxylic acids is 2. The Morgan fingerprint density at radius 1 is 1.27 bits per heavy atom. The van der Waals surface area contributed by atoms with Crippen LogP contribution < -0.4 is 10.2 Å². The quantitative estimate of drug-likeness (QED) is 0.840. The highest BCUT2D eigenvalue weighted by atomic mass is 16.6. The van der Waals surface area contributed by atoms with Crippen LogP contribution in [0.1, 0.15) is 20.3 Å². The third kappa shape index (κ3) is 4.13. The van der Waals surface area contributed by atoms with E-state index in [4.69, 9.17) is 4.74 Å². The van der Waals surface area contributed by atoms with E-state index in [2.05, 4.69) is 24.1 Å². The molecule has 1 aliphatic rings. The zero-order chi connectivity index (χ0) is 15.9. The van der Waals surface area contributed by atoms with E-state index in [1.165, 1.54) is 0 Å². The zero-order valence-electron chi connectivity index (χ0n) is 13.2. The van der Waals surface area contributed by atoms with Crippen molar-refractivity contribution in [3.8, 4) is 0 Å². The molecule has 1 N–H and O–H groups in total. The highest BCUT2D eigenvalue weighted by molar-refractivity contribution is 5.91. The molecule has 0 aromatic heterocycles. The lowest BCUT2D eigenvalue weighted by Gasteiger charge is -2.21. The molecule has 1 aromatic carbocycles. The highest BCUT2D eigenvalue weighted by Crippen LogP contribution is 2.17. The van der Waals surface area contributed by atoms with Crippen LogP contribution in [0.15, 0.2) is 24.3 Å². The second kappa shape index (κ2) is 7.68. The van der Waals surface area contributed by atoms with Crippen LogP contribution in [-0.4, -0.2) is 49.7 Å². The van der Waals surface area contributed by atoms with E-state index in [-0.39, 0.29) is 18.4 Å². The number of ether oxygens (including phenoxy) is 1. The predicted octanol–water partition coefficient (Wildman–Crippen LogP) is 2.31. The van der Waals surface area contributed by atoms with Gasteiger partial charge in [-0.2, -0.15) is 0 Å². The molecular weight excluding hydrogens is 282 g/mol. The van der Waals surface area contributed by atoms with Crippen LogP contribution in [0, 0.1) is 0 Å². The maximum absolute atomic E-state index is 11.9. The van der Waals surface area contributed by atoms with E-state index in [1.807, 2.05) is 24.3 Å². The van der Waals surface area contributed by atoms with Crippen LogP contribution in [0.2, 0.25) is 0 Å². The Labute approximate surface area is 131 Å². The highest BCUT2D eigenvalue weighted by Gasteiger charge is 2.22. The normalized spacial score (nSPS) is 13.9. The summed E-state index contributed by atoms with van der Waals surface area (Å²) in [4.78, 5) is 27.0. The fraction of sp³-hybridized carbons (Fsp3) is 0.500. The molecule has 0 atom stereocenters. The predicted molar refractivity (Wildman–Crippen MR) is 86.2 cm³/mol. The summed E-state index contributed by atoms with van der Waals surface area (Å²) in [5.41, 5.74) is 1.91. The minimum absolute atomic E-state index is 0.102. The Morgan fingerprint density at radius 3 is 2.50 bits per heavy atom. The van der Waals surface area contributed by atoms with Crippen LogP contribution in [-0.2, 0) is 9.53 Å². The molecule has 2 rings (SSSR count). The number of amides is 2. The first kappa shape index (κ1) is 16.1. The van der Waals surface area contributed by atoms with Crippen molar-refractivity contribution in [1.29, 1.82) is 0 Å². The molecule has 6 nitrogen and oxygen atoms in total. The largest absolute Gasteiger partial charge is 0.448 e. The Balaban J connectivity index is 1.82. The second-order valence-corrected chi connectivity index (χ2v) is 5.12. The van der Waals surface area contributed by atoms with Crippen molar-refractivity contribution in [2.24, 2.45) is 0 Å². The van der Waals surface area contributed by atoms with Crippen molar-refractivity contribution in [2.45, 2.75) is 20.3 Å². The van der Waals surface area contributed by atoms with E-state index < -0.39 is 0 Å². The van der Waals surface area contributed by atoms with E-state index in [0.29, 0.717) is 19.7 Å². The van der Waals surface area contributed by atoms with Crippen LogP contribution >= 0.6 is 0 Å². The van der Waals surface area contributed by atoms with Crippen molar-refractivity contribution >= 4 is 23.4 Å². The maximum Gasteiger partial charge on any atom is 0.409 e. The summed E-state index contributed by atoms with van der Waals surface area (Å²) >= 11 is 0. The van der Waals surface area contributed by atoms with Crippen molar-refractivity contribution in [1.82, 2.24) is 4.90 Å². The molecule has 0 aliphatic carbocycles. The van der Waals surface area contributed by atoms with Crippen LogP contribution in [0.4, 0.5) is 16.2 Å². The number of rotatable bonds is 7. The molecule has 1 saturated heterocycles. The van der Waals surface area contributed by atoms with Gasteiger partial charge in [-0.05, 0) is 38.1 Å². The topological polar surface area (TPSA) is 61.9 Å². The van der Waals surface area contributed by atoms with Gasteiger partial charge in [0.1, 0.15) is 6.61 Å². The number of nitrogens with one attached hydrogen (secondary N) is 1. The summed E-state index contributed by atoms with van der Waals surface area (Å²) in [5.74, 6) is -0.102. The molecule has 1 heterocycles. The van der Waals surface area contributed by atoms with Crippen molar-refractivity contribution in [2.75, 3.05) is 43.0 Å². The minimum Gasteiger partial charge on any atom is -0.448 e. The lowest BCUT2D eigenvalue weighted by Crippen LogP contribution is -2.28. The Morgan fingerprint density at radius 2 is 1.95 bits per heavy atom. The summed E-state index contributed by atoms with van der Waals surface area (Å²) < 4.78 is 4.82. The minimum atomic E-state index is -0.337. The number of hydrogen-bond acceptors (Lipinski definition) is 4. The molecule has 120 valence electrons. The van der Waals surface area contributed by atoms with Crippen LogP contribution in [0.3, 0.4) is 0 Å². The van der Waals surface area contributed by atoms with Crippen molar-refractivity contribution < 1.29 is 14.3 Å². The van der Waals surface area contributed by atoms with Gasteiger partial charge in [0.25, 0.3) is 0 Å². The average Bonchev–Trinajstić information content (AvgIpc) is 2.93. The molecular formula is C16H23N3O3. The van der Waals surface area contributed by atoms with Gasteiger partial charge in [0.2, 0.25) is 5.91 Å². The molecule has 2 amide bonds. The summed E-state index contributed by atoms with van der Waals surface area (Å²) in [5, 5.41) is 2.85. The summed E-state index contributed by atoms with van der Waals surface area (Å²) in [7, 11) is 0. The fourth-order valence-corrected chi connectivity index (χ4v) is 2.43. The second-order valence-electron chi connectivity index (χ2n) is 5.12. The number of anilines is 2. The molecule has 0 bridgehead atoms. The number of nitrogens with zero attached hydrogens (tertiary/aromatic N) is 2. The smallest absolute Gasteiger partial charge is 0.409 e. The van der Waals surface area contributed by atoms with Gasteiger partial charge in [-0.3, -0.25) is 4.79 Å². The molecule has 1 aromatic rings. The van der Waals surface area contributed by atoms with Crippen LogP contribution in [0.5, 0.6) is 0 Å². The maximum atomic E-state index is 11.9. The molecule has 0 radical (unpaired) electrons.